The van der Waals surface area contributed by atoms with E-state index in [-0.39, 0.29) is 11.8 Å². The highest BCUT2D eigenvalue weighted by atomic mass is 16.3. The van der Waals surface area contributed by atoms with Gasteiger partial charge in [0, 0.05) is 24.4 Å². The summed E-state index contributed by atoms with van der Waals surface area (Å²) in [6.07, 6.45) is 3.37. The average molecular weight is 221 g/mol. The van der Waals surface area contributed by atoms with Crippen molar-refractivity contribution in [2.45, 2.75) is 13.0 Å². The van der Waals surface area contributed by atoms with Crippen molar-refractivity contribution in [3.05, 3.63) is 28.8 Å². The van der Waals surface area contributed by atoms with Crippen molar-refractivity contribution in [3.8, 4) is 0 Å². The van der Waals surface area contributed by atoms with Gasteiger partial charge in [-0.15, -0.1) is 0 Å². The molecule has 1 unspecified atom stereocenters. The van der Waals surface area contributed by atoms with E-state index in [0.29, 0.717) is 31.8 Å². The fourth-order valence-corrected chi connectivity index (χ4v) is 1.79. The maximum Gasteiger partial charge on any atom is 0.223 e. The lowest BCUT2D eigenvalue weighted by atomic mass is 10.1. The fraction of sp³-hybridized carbons (Fsp3) is 0.556. The number of hydrogen-bond donors (Lipinski definition) is 0. The van der Waals surface area contributed by atoms with Crippen molar-refractivity contribution in [1.29, 1.82) is 0 Å². The monoisotopic (exact) mass is 221 g/mol. The summed E-state index contributed by atoms with van der Waals surface area (Å²) in [5.41, 5.74) is 8.20. The van der Waals surface area contributed by atoms with Gasteiger partial charge < -0.3 is 9.32 Å². The van der Waals surface area contributed by atoms with E-state index >= 15 is 0 Å². The molecule has 84 valence electrons. The van der Waals surface area contributed by atoms with Crippen molar-refractivity contribution in [2.75, 3.05) is 13.1 Å². The third-order valence-electron chi connectivity index (χ3n) is 2.53. The molecule has 1 atom stereocenters. The lowest BCUT2D eigenvalue weighted by Crippen LogP contribution is -2.24. The van der Waals surface area contributed by atoms with Crippen molar-refractivity contribution in [3.63, 3.8) is 0 Å². The van der Waals surface area contributed by atoms with Crippen LogP contribution in [-0.2, 0) is 11.3 Å². The zero-order chi connectivity index (χ0) is 11.4. The maximum atomic E-state index is 11.6. The molecule has 2 rings (SSSR count). The molecular formula is C9H11N5O2. The van der Waals surface area contributed by atoms with E-state index < -0.39 is 0 Å². The molecule has 0 spiro atoms. The molecule has 2 heterocycles. The molecule has 0 saturated carbocycles. The van der Waals surface area contributed by atoms with E-state index in [1.165, 1.54) is 6.39 Å². The Labute approximate surface area is 91.7 Å². The van der Waals surface area contributed by atoms with Crippen LogP contribution in [0.2, 0.25) is 0 Å². The highest BCUT2D eigenvalue weighted by Gasteiger charge is 2.29. The Morgan fingerprint density at radius 1 is 1.75 bits per heavy atom. The molecule has 0 bridgehead atoms. The number of likely N-dealkylation sites (tertiary alicyclic amines) is 1. The first-order valence-corrected chi connectivity index (χ1v) is 4.95. The number of aromatic nitrogens is 1. The van der Waals surface area contributed by atoms with E-state index in [9.17, 15) is 4.79 Å². The summed E-state index contributed by atoms with van der Waals surface area (Å²) >= 11 is 0. The Bertz CT molecular complexity index is 410. The summed E-state index contributed by atoms with van der Waals surface area (Å²) < 4.78 is 5.07. The van der Waals surface area contributed by atoms with Crippen LogP contribution in [0.25, 0.3) is 10.4 Å². The molecule has 0 N–H and O–H groups in total. The second-order valence-electron chi connectivity index (χ2n) is 3.73. The van der Waals surface area contributed by atoms with Gasteiger partial charge in [0.1, 0.15) is 5.76 Å². The molecule has 1 amide bonds. The van der Waals surface area contributed by atoms with Gasteiger partial charge in [0.05, 0.1) is 12.7 Å². The van der Waals surface area contributed by atoms with Crippen LogP contribution in [0.15, 0.2) is 22.1 Å². The molecule has 0 aromatic carbocycles. The van der Waals surface area contributed by atoms with Gasteiger partial charge in [-0.1, -0.05) is 5.11 Å². The summed E-state index contributed by atoms with van der Waals surface area (Å²) in [5, 5.41) is 3.49. The van der Waals surface area contributed by atoms with Gasteiger partial charge in [-0.2, -0.15) is 0 Å². The minimum atomic E-state index is 0.0644. The van der Waals surface area contributed by atoms with Crippen LogP contribution in [0.3, 0.4) is 0 Å². The lowest BCUT2D eigenvalue weighted by molar-refractivity contribution is -0.128. The number of carbonyl (C=O) groups is 1. The van der Waals surface area contributed by atoms with Gasteiger partial charge in [0.15, 0.2) is 6.39 Å². The smallest absolute Gasteiger partial charge is 0.223 e. The lowest BCUT2D eigenvalue weighted by Gasteiger charge is -2.13. The van der Waals surface area contributed by atoms with Crippen molar-refractivity contribution in [1.82, 2.24) is 9.88 Å². The summed E-state index contributed by atoms with van der Waals surface area (Å²) in [6.45, 7) is 1.42. The van der Waals surface area contributed by atoms with E-state index in [4.69, 9.17) is 9.95 Å². The molecule has 1 aromatic heterocycles. The quantitative estimate of drug-likeness (QED) is 0.436. The molecule has 1 aliphatic rings. The fourth-order valence-electron chi connectivity index (χ4n) is 1.79. The molecule has 1 fully saturated rings. The molecule has 0 aliphatic carbocycles. The van der Waals surface area contributed by atoms with Crippen LogP contribution >= 0.6 is 0 Å². The number of amides is 1. The molecule has 16 heavy (non-hydrogen) atoms. The third kappa shape index (κ3) is 2.32. The predicted octanol–water partition coefficient (Wildman–Crippen LogP) is 1.33. The Morgan fingerprint density at radius 3 is 3.31 bits per heavy atom. The highest BCUT2D eigenvalue weighted by Crippen LogP contribution is 2.20. The topological polar surface area (TPSA) is 95.1 Å². The minimum absolute atomic E-state index is 0.0644. The second-order valence-corrected chi connectivity index (χ2v) is 3.73. The zero-order valence-corrected chi connectivity index (χ0v) is 8.61. The largest absolute Gasteiger partial charge is 0.447 e. The van der Waals surface area contributed by atoms with E-state index in [0.717, 1.165) is 0 Å². The summed E-state index contributed by atoms with van der Waals surface area (Å²) in [5.74, 6) is 0.846. The second kappa shape index (κ2) is 4.67. The van der Waals surface area contributed by atoms with E-state index in [2.05, 4.69) is 15.0 Å². The number of rotatable bonds is 4. The third-order valence-corrected chi connectivity index (χ3v) is 2.53. The molecule has 7 nitrogen and oxygen atoms in total. The van der Waals surface area contributed by atoms with Crippen molar-refractivity contribution >= 4 is 5.91 Å². The minimum Gasteiger partial charge on any atom is -0.447 e. The number of nitrogens with zero attached hydrogens (tertiary/aromatic N) is 5. The van der Waals surface area contributed by atoms with Crippen LogP contribution in [0.4, 0.5) is 0 Å². The molecule has 0 radical (unpaired) electrons. The first-order chi connectivity index (χ1) is 7.79. The Morgan fingerprint density at radius 2 is 2.62 bits per heavy atom. The van der Waals surface area contributed by atoms with E-state index in [1.54, 1.807) is 11.1 Å². The standard InChI is InChI=1S/C9H11N5O2/c10-13-12-2-7-1-9(15)14(4-7)5-8-3-11-6-16-8/h3,6-7H,1-2,4-5H2. The Balaban J connectivity index is 1.92. The van der Waals surface area contributed by atoms with Crippen molar-refractivity contribution in [2.24, 2.45) is 11.0 Å². The van der Waals surface area contributed by atoms with E-state index in [1.807, 2.05) is 0 Å². The summed E-state index contributed by atoms with van der Waals surface area (Å²) in [6, 6.07) is 0. The summed E-state index contributed by atoms with van der Waals surface area (Å²) in [4.78, 5) is 19.8. The van der Waals surface area contributed by atoms with Crippen LogP contribution in [0.1, 0.15) is 12.2 Å². The Kier molecular flexibility index (Phi) is 3.07. The van der Waals surface area contributed by atoms with Crippen molar-refractivity contribution < 1.29 is 9.21 Å². The first-order valence-electron chi connectivity index (χ1n) is 4.95. The van der Waals surface area contributed by atoms with Crippen LogP contribution < -0.4 is 0 Å². The number of hydrogen-bond acceptors (Lipinski definition) is 4. The van der Waals surface area contributed by atoms with Crippen LogP contribution in [-0.4, -0.2) is 28.9 Å². The van der Waals surface area contributed by atoms with Crippen LogP contribution in [0, 0.1) is 5.92 Å². The average Bonchev–Trinajstić information content (AvgIpc) is 2.87. The first kappa shape index (κ1) is 10.5. The molecule has 7 heteroatoms. The van der Waals surface area contributed by atoms with Gasteiger partial charge in [-0.3, -0.25) is 4.79 Å². The zero-order valence-electron chi connectivity index (χ0n) is 8.61. The molecular weight excluding hydrogens is 210 g/mol. The van der Waals surface area contributed by atoms with Gasteiger partial charge in [0.2, 0.25) is 5.91 Å². The number of carbonyl (C=O) groups excluding carboxylic acids is 1. The van der Waals surface area contributed by atoms with Crippen LogP contribution in [0.5, 0.6) is 0 Å². The SMILES string of the molecule is [N-]=[N+]=NCC1CC(=O)N(Cc2cnco2)C1. The van der Waals surface area contributed by atoms with Gasteiger partial charge in [0.25, 0.3) is 0 Å². The Hall–Kier alpha value is -2.01. The maximum absolute atomic E-state index is 11.6. The van der Waals surface area contributed by atoms with Gasteiger partial charge >= 0.3 is 0 Å². The predicted molar refractivity (Wildman–Crippen MR) is 54.0 cm³/mol. The van der Waals surface area contributed by atoms with Gasteiger partial charge in [-0.05, 0) is 11.4 Å². The molecule has 1 aromatic rings. The number of oxazole rings is 1. The number of azide groups is 1. The highest BCUT2D eigenvalue weighted by molar-refractivity contribution is 5.78. The molecule has 1 saturated heterocycles. The molecule has 1 aliphatic heterocycles. The summed E-state index contributed by atoms with van der Waals surface area (Å²) in [7, 11) is 0. The normalized spacial score (nSPS) is 19.9. The van der Waals surface area contributed by atoms with Gasteiger partial charge in [-0.25, -0.2) is 4.98 Å².